The van der Waals surface area contributed by atoms with Crippen LogP contribution in [0.4, 0.5) is 5.69 Å². The van der Waals surface area contributed by atoms with Gasteiger partial charge in [-0.05, 0) is 38.8 Å². The molecular weight excluding hydrogens is 298 g/mol. The lowest BCUT2D eigenvalue weighted by Crippen LogP contribution is -2.45. The van der Waals surface area contributed by atoms with Gasteiger partial charge < -0.3 is 19.1 Å². The van der Waals surface area contributed by atoms with E-state index in [0.29, 0.717) is 37.5 Å². The number of benzene rings is 1. The van der Waals surface area contributed by atoms with Crippen molar-refractivity contribution in [2.75, 3.05) is 25.2 Å². The molecule has 6 nitrogen and oxygen atoms in total. The Morgan fingerprint density at radius 2 is 1.57 bits per heavy atom. The highest BCUT2D eigenvalue weighted by molar-refractivity contribution is 5.89. The van der Waals surface area contributed by atoms with Crippen molar-refractivity contribution in [1.29, 1.82) is 0 Å². The monoisotopic (exact) mass is 321 g/mol. The molecule has 0 bridgehead atoms. The number of methoxy groups -OCH3 is 1. The van der Waals surface area contributed by atoms with E-state index in [9.17, 15) is 9.59 Å². The molecule has 0 unspecified atom stereocenters. The fourth-order valence-electron chi connectivity index (χ4n) is 2.93. The quantitative estimate of drug-likeness (QED) is 0.748. The Labute approximate surface area is 136 Å². The molecule has 1 aliphatic rings. The Hall–Kier alpha value is -2.24. The Morgan fingerprint density at radius 3 is 2.04 bits per heavy atom. The number of esters is 2. The maximum absolute atomic E-state index is 12.3. The fraction of sp³-hybridized carbons (Fsp3) is 0.529. The van der Waals surface area contributed by atoms with Gasteiger partial charge in [-0.3, -0.25) is 0 Å². The zero-order chi connectivity index (χ0) is 16.8. The minimum Gasteiger partial charge on any atom is -0.495 e. The average molecular weight is 321 g/mol. The summed E-state index contributed by atoms with van der Waals surface area (Å²) in [5.41, 5.74) is 0.698. The van der Waals surface area contributed by atoms with Crippen LogP contribution < -0.4 is 9.64 Å². The molecule has 0 aliphatic carbocycles. The summed E-state index contributed by atoms with van der Waals surface area (Å²) in [5, 5.41) is 0. The number of nitrogens with zero attached hydrogens (tertiary/aromatic N) is 1. The predicted molar refractivity (Wildman–Crippen MR) is 85.5 cm³/mol. The van der Waals surface area contributed by atoms with Crippen molar-refractivity contribution in [3.8, 4) is 5.75 Å². The first-order chi connectivity index (χ1) is 11.1. The molecular formula is C17H23NO5. The second kappa shape index (κ2) is 7.85. The van der Waals surface area contributed by atoms with E-state index in [0.717, 1.165) is 0 Å². The molecule has 2 atom stereocenters. The van der Waals surface area contributed by atoms with Crippen LogP contribution in [0, 0.1) is 0 Å². The van der Waals surface area contributed by atoms with Gasteiger partial charge in [0.05, 0.1) is 26.0 Å². The zero-order valence-electron chi connectivity index (χ0n) is 13.8. The summed E-state index contributed by atoms with van der Waals surface area (Å²) in [6.45, 7) is 4.14. The summed E-state index contributed by atoms with van der Waals surface area (Å²) in [7, 11) is 1.56. The molecule has 1 aliphatic heterocycles. The number of para-hydroxylation sites is 2. The summed E-state index contributed by atoms with van der Waals surface area (Å²) in [6, 6.07) is 6.31. The maximum Gasteiger partial charge on any atom is 0.328 e. The van der Waals surface area contributed by atoms with Crippen molar-refractivity contribution in [3.63, 3.8) is 0 Å². The molecule has 1 fully saturated rings. The summed E-state index contributed by atoms with van der Waals surface area (Å²) in [4.78, 5) is 26.4. The van der Waals surface area contributed by atoms with Crippen LogP contribution in [-0.4, -0.2) is 44.3 Å². The smallest absolute Gasteiger partial charge is 0.328 e. The van der Waals surface area contributed by atoms with E-state index in [1.807, 2.05) is 18.2 Å². The van der Waals surface area contributed by atoms with E-state index in [1.54, 1.807) is 31.9 Å². The predicted octanol–water partition coefficient (Wildman–Crippen LogP) is 2.16. The van der Waals surface area contributed by atoms with Crippen LogP contribution in [0.15, 0.2) is 24.3 Å². The molecule has 1 heterocycles. The minimum atomic E-state index is -0.513. The molecule has 0 radical (unpaired) electrons. The van der Waals surface area contributed by atoms with Gasteiger partial charge in [-0.25, -0.2) is 9.59 Å². The van der Waals surface area contributed by atoms with Gasteiger partial charge in [-0.1, -0.05) is 12.1 Å². The van der Waals surface area contributed by atoms with Crippen molar-refractivity contribution in [2.45, 2.75) is 38.8 Å². The molecule has 23 heavy (non-hydrogen) atoms. The van der Waals surface area contributed by atoms with Crippen molar-refractivity contribution in [1.82, 2.24) is 0 Å². The molecule has 0 N–H and O–H groups in total. The molecule has 2 rings (SSSR count). The topological polar surface area (TPSA) is 65.1 Å². The number of anilines is 1. The Morgan fingerprint density at radius 1 is 1.04 bits per heavy atom. The Bertz CT molecular complexity index is 534. The number of ether oxygens (including phenoxy) is 3. The second-order valence-electron chi connectivity index (χ2n) is 5.19. The van der Waals surface area contributed by atoms with Crippen LogP contribution in [-0.2, 0) is 19.1 Å². The van der Waals surface area contributed by atoms with Crippen LogP contribution >= 0.6 is 0 Å². The maximum atomic E-state index is 12.3. The van der Waals surface area contributed by atoms with Gasteiger partial charge >= 0.3 is 11.9 Å². The third kappa shape index (κ3) is 3.57. The zero-order valence-corrected chi connectivity index (χ0v) is 13.8. The van der Waals surface area contributed by atoms with Crippen molar-refractivity contribution in [3.05, 3.63) is 24.3 Å². The molecule has 1 aromatic carbocycles. The fourth-order valence-corrected chi connectivity index (χ4v) is 2.93. The van der Waals surface area contributed by atoms with E-state index >= 15 is 0 Å². The van der Waals surface area contributed by atoms with Gasteiger partial charge in [0.25, 0.3) is 0 Å². The van der Waals surface area contributed by atoms with Gasteiger partial charge in [0.2, 0.25) is 0 Å². The molecule has 0 amide bonds. The lowest BCUT2D eigenvalue weighted by Gasteiger charge is -2.31. The Kier molecular flexibility index (Phi) is 5.84. The summed E-state index contributed by atoms with van der Waals surface area (Å²) >= 11 is 0. The van der Waals surface area contributed by atoms with Crippen molar-refractivity contribution < 1.29 is 23.8 Å². The minimum absolute atomic E-state index is 0.305. The van der Waals surface area contributed by atoms with E-state index in [4.69, 9.17) is 14.2 Å². The average Bonchev–Trinajstić information content (AvgIpc) is 3.00. The number of hydrogen-bond donors (Lipinski definition) is 0. The first-order valence-electron chi connectivity index (χ1n) is 7.88. The van der Waals surface area contributed by atoms with Crippen LogP contribution in [0.25, 0.3) is 0 Å². The number of carbonyl (C=O) groups excluding carboxylic acids is 2. The highest BCUT2D eigenvalue weighted by Crippen LogP contribution is 2.37. The molecule has 0 spiro atoms. The summed E-state index contributed by atoms with van der Waals surface area (Å²) < 4.78 is 15.7. The van der Waals surface area contributed by atoms with E-state index in [-0.39, 0.29) is 11.9 Å². The molecule has 1 saturated heterocycles. The van der Waals surface area contributed by atoms with E-state index in [2.05, 4.69) is 0 Å². The summed E-state index contributed by atoms with van der Waals surface area (Å²) in [5.74, 6) is -0.0478. The van der Waals surface area contributed by atoms with Gasteiger partial charge in [-0.2, -0.15) is 0 Å². The van der Waals surface area contributed by atoms with Crippen LogP contribution in [0.2, 0.25) is 0 Å². The van der Waals surface area contributed by atoms with Gasteiger partial charge in [0, 0.05) is 0 Å². The van der Waals surface area contributed by atoms with Crippen molar-refractivity contribution in [2.24, 2.45) is 0 Å². The van der Waals surface area contributed by atoms with E-state index in [1.165, 1.54) is 0 Å². The first-order valence-corrected chi connectivity index (χ1v) is 7.88. The Balaban J connectivity index is 2.39. The molecule has 126 valence electrons. The van der Waals surface area contributed by atoms with Gasteiger partial charge in [0.15, 0.2) is 0 Å². The third-order valence-corrected chi connectivity index (χ3v) is 3.87. The van der Waals surface area contributed by atoms with Crippen LogP contribution in [0.5, 0.6) is 5.75 Å². The first kappa shape index (κ1) is 17.1. The lowest BCUT2D eigenvalue weighted by molar-refractivity contribution is -0.145. The molecule has 6 heteroatoms. The number of carbonyl (C=O) groups is 2. The second-order valence-corrected chi connectivity index (χ2v) is 5.19. The highest BCUT2D eigenvalue weighted by Gasteiger charge is 2.44. The normalized spacial score (nSPS) is 20.2. The van der Waals surface area contributed by atoms with E-state index < -0.39 is 12.1 Å². The van der Waals surface area contributed by atoms with Crippen LogP contribution in [0.1, 0.15) is 26.7 Å². The largest absolute Gasteiger partial charge is 0.495 e. The highest BCUT2D eigenvalue weighted by atomic mass is 16.5. The number of rotatable bonds is 6. The third-order valence-electron chi connectivity index (χ3n) is 3.87. The molecule has 0 saturated carbocycles. The standard InChI is InChI=1S/C17H23NO5/c1-4-22-16(19)13-10-11-14(17(20)23-5-2)18(13)12-8-6-7-9-15(12)21-3/h6-9,13-14H,4-5,10-11H2,1-3H3/t13-,14+. The molecule has 1 aromatic rings. The van der Waals surface area contributed by atoms with Gasteiger partial charge in [-0.15, -0.1) is 0 Å². The number of hydrogen-bond acceptors (Lipinski definition) is 6. The SMILES string of the molecule is CCOC(=O)[C@H]1CC[C@@H](C(=O)OCC)N1c1ccccc1OC. The molecule has 0 aromatic heterocycles. The van der Waals surface area contributed by atoms with Crippen molar-refractivity contribution >= 4 is 17.6 Å². The van der Waals surface area contributed by atoms with Crippen LogP contribution in [0.3, 0.4) is 0 Å². The summed E-state index contributed by atoms with van der Waals surface area (Å²) in [6.07, 6.45) is 1.08. The van der Waals surface area contributed by atoms with Gasteiger partial charge in [0.1, 0.15) is 17.8 Å². The lowest BCUT2D eigenvalue weighted by atomic mass is 10.2.